The number of amides is 4. The van der Waals surface area contributed by atoms with Crippen molar-refractivity contribution in [3.05, 3.63) is 70.7 Å². The Bertz CT molecular complexity index is 914. The summed E-state index contributed by atoms with van der Waals surface area (Å²) >= 11 is 6.24. The number of nitrogens with one attached hydrogen (secondary N) is 2. The number of piperidine rings is 1. The number of likely N-dealkylation sites (tertiary alicyclic amines) is 1. The number of urea groups is 1. The maximum Gasteiger partial charge on any atom is 0.312 e. The third kappa shape index (κ3) is 6.46. The fourth-order valence-corrected chi connectivity index (χ4v) is 4.06. The van der Waals surface area contributed by atoms with Crippen LogP contribution in [0.4, 0.5) is 4.79 Å². The molecule has 1 fully saturated rings. The SMILES string of the molecule is NC(=O)N[C@@H](CC(=O)N1CCC(C(=O)NCc2ccccc2)CC1)c1ccccc1Cl. The van der Waals surface area contributed by atoms with Crippen molar-refractivity contribution >= 4 is 29.4 Å². The molecule has 1 aliphatic heterocycles. The maximum absolute atomic E-state index is 12.9. The third-order valence-electron chi connectivity index (χ3n) is 5.50. The molecular weight excluding hydrogens is 416 g/mol. The van der Waals surface area contributed by atoms with E-state index < -0.39 is 12.1 Å². The van der Waals surface area contributed by atoms with E-state index in [4.69, 9.17) is 17.3 Å². The van der Waals surface area contributed by atoms with Crippen molar-refractivity contribution in [2.45, 2.75) is 31.8 Å². The van der Waals surface area contributed by atoms with Crippen molar-refractivity contribution in [3.8, 4) is 0 Å². The molecule has 1 saturated heterocycles. The fourth-order valence-electron chi connectivity index (χ4n) is 3.79. The molecule has 0 aromatic heterocycles. The minimum atomic E-state index is -0.716. The number of halogens is 1. The Hall–Kier alpha value is -3.06. The molecular formula is C23H27ClN4O3. The van der Waals surface area contributed by atoms with Gasteiger partial charge >= 0.3 is 6.03 Å². The van der Waals surface area contributed by atoms with E-state index in [0.29, 0.717) is 43.1 Å². The standard InChI is InChI=1S/C23H27ClN4O3/c24-19-9-5-4-8-18(19)20(27-23(25)31)14-21(29)28-12-10-17(11-13-28)22(30)26-15-16-6-2-1-3-7-16/h1-9,17,20H,10-15H2,(H,26,30)(H3,25,27,31)/t20-/m0/s1. The summed E-state index contributed by atoms with van der Waals surface area (Å²) in [5, 5.41) is 6.05. The lowest BCUT2D eigenvalue weighted by Gasteiger charge is -2.32. The van der Waals surface area contributed by atoms with Gasteiger partial charge in [0, 0.05) is 30.6 Å². The second-order valence-corrected chi connectivity index (χ2v) is 8.05. The molecule has 31 heavy (non-hydrogen) atoms. The van der Waals surface area contributed by atoms with E-state index in [1.54, 1.807) is 29.2 Å². The van der Waals surface area contributed by atoms with E-state index in [1.165, 1.54) is 0 Å². The Labute approximate surface area is 186 Å². The molecule has 2 aromatic carbocycles. The smallest absolute Gasteiger partial charge is 0.312 e. The van der Waals surface area contributed by atoms with E-state index in [1.807, 2.05) is 30.3 Å². The first-order valence-electron chi connectivity index (χ1n) is 10.3. The summed E-state index contributed by atoms with van der Waals surface area (Å²) in [6.07, 6.45) is 1.26. The number of benzene rings is 2. The lowest BCUT2D eigenvalue weighted by atomic mass is 9.95. The number of nitrogens with two attached hydrogens (primary N) is 1. The molecule has 0 radical (unpaired) electrons. The molecule has 7 nitrogen and oxygen atoms in total. The predicted molar refractivity (Wildman–Crippen MR) is 119 cm³/mol. The number of carbonyl (C=O) groups is 3. The molecule has 1 atom stereocenters. The van der Waals surface area contributed by atoms with Gasteiger partial charge in [-0.3, -0.25) is 9.59 Å². The average Bonchev–Trinajstić information content (AvgIpc) is 2.78. The number of rotatable bonds is 7. The second-order valence-electron chi connectivity index (χ2n) is 7.65. The molecule has 0 unspecified atom stereocenters. The second kappa shape index (κ2) is 10.8. The molecule has 3 rings (SSSR count). The number of nitrogens with zero attached hydrogens (tertiary/aromatic N) is 1. The van der Waals surface area contributed by atoms with Gasteiger partial charge in [-0.1, -0.05) is 60.1 Å². The zero-order valence-electron chi connectivity index (χ0n) is 17.2. The largest absolute Gasteiger partial charge is 0.352 e. The van der Waals surface area contributed by atoms with Gasteiger partial charge in [-0.2, -0.15) is 0 Å². The molecule has 164 valence electrons. The van der Waals surface area contributed by atoms with Gasteiger partial charge in [0.15, 0.2) is 0 Å². The molecule has 4 N–H and O–H groups in total. The summed E-state index contributed by atoms with van der Waals surface area (Å²) in [6.45, 7) is 1.49. The Balaban J connectivity index is 1.52. The van der Waals surface area contributed by atoms with Crippen molar-refractivity contribution in [2.75, 3.05) is 13.1 Å². The van der Waals surface area contributed by atoms with Crippen molar-refractivity contribution < 1.29 is 14.4 Å². The molecule has 1 heterocycles. The number of hydrogen-bond acceptors (Lipinski definition) is 3. The van der Waals surface area contributed by atoms with Crippen molar-refractivity contribution in [3.63, 3.8) is 0 Å². The van der Waals surface area contributed by atoms with Crippen LogP contribution in [0.15, 0.2) is 54.6 Å². The monoisotopic (exact) mass is 442 g/mol. The topological polar surface area (TPSA) is 105 Å². The van der Waals surface area contributed by atoms with Crippen LogP contribution >= 0.6 is 11.6 Å². The van der Waals surface area contributed by atoms with Gasteiger partial charge in [0.2, 0.25) is 11.8 Å². The van der Waals surface area contributed by atoms with Crippen LogP contribution in [0.25, 0.3) is 0 Å². The van der Waals surface area contributed by atoms with Crippen LogP contribution in [0, 0.1) is 5.92 Å². The summed E-state index contributed by atoms with van der Waals surface area (Å²) < 4.78 is 0. The number of primary amides is 1. The first-order chi connectivity index (χ1) is 14.9. The van der Waals surface area contributed by atoms with Gasteiger partial charge in [0.05, 0.1) is 12.5 Å². The van der Waals surface area contributed by atoms with E-state index in [0.717, 1.165) is 5.56 Å². The lowest BCUT2D eigenvalue weighted by Crippen LogP contribution is -2.44. The highest BCUT2D eigenvalue weighted by Gasteiger charge is 2.29. The molecule has 0 aliphatic carbocycles. The summed E-state index contributed by atoms with van der Waals surface area (Å²) in [4.78, 5) is 38.5. The van der Waals surface area contributed by atoms with Gasteiger partial charge in [-0.15, -0.1) is 0 Å². The van der Waals surface area contributed by atoms with Gasteiger partial charge in [-0.05, 0) is 30.0 Å². The highest BCUT2D eigenvalue weighted by molar-refractivity contribution is 6.31. The molecule has 0 bridgehead atoms. The van der Waals surface area contributed by atoms with Crippen LogP contribution in [0.1, 0.15) is 36.4 Å². The van der Waals surface area contributed by atoms with E-state index in [-0.39, 0.29) is 24.2 Å². The zero-order chi connectivity index (χ0) is 22.2. The van der Waals surface area contributed by atoms with Crippen LogP contribution in [0.2, 0.25) is 5.02 Å². The van der Waals surface area contributed by atoms with Crippen molar-refractivity contribution in [1.82, 2.24) is 15.5 Å². The molecule has 8 heteroatoms. The normalized spacial score (nSPS) is 15.2. The van der Waals surface area contributed by atoms with Crippen LogP contribution in [-0.2, 0) is 16.1 Å². The molecule has 0 spiro atoms. The van der Waals surface area contributed by atoms with Crippen LogP contribution in [0.3, 0.4) is 0 Å². The minimum absolute atomic E-state index is 0.0142. The first-order valence-corrected chi connectivity index (χ1v) is 10.7. The summed E-state index contributed by atoms with van der Waals surface area (Å²) in [5.41, 5.74) is 6.99. The maximum atomic E-state index is 12.9. The van der Waals surface area contributed by atoms with Gasteiger partial charge in [-0.25, -0.2) is 4.79 Å². The molecule has 4 amide bonds. The Morgan fingerprint density at radius 1 is 1.03 bits per heavy atom. The quantitative estimate of drug-likeness (QED) is 0.613. The van der Waals surface area contributed by atoms with Crippen LogP contribution in [-0.4, -0.2) is 35.8 Å². The zero-order valence-corrected chi connectivity index (χ0v) is 18.0. The summed E-state index contributed by atoms with van der Waals surface area (Å²) in [7, 11) is 0. The Morgan fingerprint density at radius 3 is 2.32 bits per heavy atom. The van der Waals surface area contributed by atoms with E-state index in [9.17, 15) is 14.4 Å². The lowest BCUT2D eigenvalue weighted by molar-refractivity contribution is -0.136. The Kier molecular flexibility index (Phi) is 7.89. The van der Waals surface area contributed by atoms with E-state index >= 15 is 0 Å². The highest BCUT2D eigenvalue weighted by Crippen LogP contribution is 2.27. The minimum Gasteiger partial charge on any atom is -0.352 e. The van der Waals surface area contributed by atoms with Gasteiger partial charge in [0.25, 0.3) is 0 Å². The Morgan fingerprint density at radius 2 is 1.68 bits per heavy atom. The molecule has 1 aliphatic rings. The fraction of sp³-hybridized carbons (Fsp3) is 0.348. The third-order valence-corrected chi connectivity index (χ3v) is 5.85. The number of hydrogen-bond donors (Lipinski definition) is 3. The molecule has 2 aromatic rings. The predicted octanol–water partition coefficient (Wildman–Crippen LogP) is 2.99. The first kappa shape index (κ1) is 22.6. The van der Waals surface area contributed by atoms with E-state index in [2.05, 4.69) is 10.6 Å². The van der Waals surface area contributed by atoms with Crippen LogP contribution < -0.4 is 16.4 Å². The highest BCUT2D eigenvalue weighted by atomic mass is 35.5. The molecule has 0 saturated carbocycles. The number of carbonyl (C=O) groups excluding carboxylic acids is 3. The van der Waals surface area contributed by atoms with Crippen molar-refractivity contribution in [1.29, 1.82) is 0 Å². The van der Waals surface area contributed by atoms with Gasteiger partial charge < -0.3 is 21.3 Å². The summed E-state index contributed by atoms with van der Waals surface area (Å²) in [5.74, 6) is -0.210. The van der Waals surface area contributed by atoms with Crippen LogP contribution in [0.5, 0.6) is 0 Å². The average molecular weight is 443 g/mol. The van der Waals surface area contributed by atoms with Gasteiger partial charge in [0.1, 0.15) is 0 Å². The van der Waals surface area contributed by atoms with Crippen molar-refractivity contribution in [2.24, 2.45) is 11.7 Å². The summed E-state index contributed by atoms with van der Waals surface area (Å²) in [6, 6.07) is 15.5.